The van der Waals surface area contributed by atoms with Crippen LogP contribution in [0.2, 0.25) is 0 Å². The van der Waals surface area contributed by atoms with Crippen molar-refractivity contribution in [2.45, 2.75) is 44.6 Å². The normalized spacial score (nSPS) is 20.3. The second-order valence-electron chi connectivity index (χ2n) is 10.2. The van der Waals surface area contributed by atoms with Crippen molar-refractivity contribution in [2.24, 2.45) is 5.92 Å². The summed E-state index contributed by atoms with van der Waals surface area (Å²) >= 11 is 0. The van der Waals surface area contributed by atoms with E-state index in [0.717, 1.165) is 36.1 Å². The number of methoxy groups -OCH3 is 1. The Morgan fingerprint density at radius 2 is 1.90 bits per heavy atom. The third-order valence-corrected chi connectivity index (χ3v) is 7.71. The van der Waals surface area contributed by atoms with Crippen LogP contribution in [0.3, 0.4) is 0 Å². The van der Waals surface area contributed by atoms with Crippen molar-refractivity contribution in [3.05, 3.63) is 53.6 Å². The predicted octanol–water partition coefficient (Wildman–Crippen LogP) is 3.19. The van der Waals surface area contributed by atoms with Gasteiger partial charge in [0.05, 0.1) is 32.2 Å². The number of amides is 1. The van der Waals surface area contributed by atoms with Gasteiger partial charge in [-0.3, -0.25) is 14.5 Å². The lowest BCUT2D eigenvalue weighted by atomic mass is 9.84. The minimum Gasteiger partial charge on any atom is -0.493 e. The number of carbonyl (C=O) groups is 2. The molecule has 0 aromatic heterocycles. The van der Waals surface area contributed by atoms with Crippen molar-refractivity contribution < 1.29 is 34.0 Å². The maximum atomic E-state index is 13.5. The van der Waals surface area contributed by atoms with Gasteiger partial charge in [-0.2, -0.15) is 0 Å². The van der Waals surface area contributed by atoms with Crippen LogP contribution in [0.15, 0.2) is 42.5 Å². The molecule has 0 bridgehead atoms. The minimum atomic E-state index is -0.913. The van der Waals surface area contributed by atoms with Gasteiger partial charge in [-0.25, -0.2) is 0 Å². The highest BCUT2D eigenvalue weighted by molar-refractivity contribution is 5.79. The summed E-state index contributed by atoms with van der Waals surface area (Å²) in [4.78, 5) is 30.0. The molecule has 2 heterocycles. The average molecular weight is 541 g/mol. The molecule has 2 aliphatic rings. The first-order chi connectivity index (χ1) is 19.0. The SMILES string of the molecule is CCCCN(CCCO)C(=O)CN1C[C@H](c2ccc3c(c2)CCO3)C(C(=O)O)[C@@H]1COc1ccccc1OC. The highest BCUT2D eigenvalue weighted by Crippen LogP contribution is 2.40. The fourth-order valence-electron chi connectivity index (χ4n) is 5.63. The molecule has 2 N–H and O–H groups in total. The molecule has 3 atom stereocenters. The smallest absolute Gasteiger partial charge is 0.308 e. The number of carbonyl (C=O) groups excluding carboxylic acids is 1. The number of ether oxygens (including phenoxy) is 3. The van der Waals surface area contributed by atoms with E-state index in [0.29, 0.717) is 44.2 Å². The predicted molar refractivity (Wildman–Crippen MR) is 147 cm³/mol. The largest absolute Gasteiger partial charge is 0.493 e. The number of carboxylic acid groups (broad SMARTS) is 1. The van der Waals surface area contributed by atoms with Crippen LogP contribution in [-0.4, -0.2) is 91.0 Å². The Labute approximate surface area is 230 Å². The summed E-state index contributed by atoms with van der Waals surface area (Å²) in [6, 6.07) is 12.7. The molecule has 4 rings (SSSR count). The molecule has 0 spiro atoms. The molecule has 2 aromatic carbocycles. The number of fused-ring (bicyclic) bond motifs is 1. The molecule has 39 heavy (non-hydrogen) atoms. The van der Waals surface area contributed by atoms with Gasteiger partial charge in [-0.1, -0.05) is 37.6 Å². The molecule has 0 radical (unpaired) electrons. The fraction of sp³-hybridized carbons (Fsp3) is 0.533. The Morgan fingerprint density at radius 3 is 2.62 bits per heavy atom. The third-order valence-electron chi connectivity index (χ3n) is 7.71. The number of unbranched alkanes of at least 4 members (excludes halogenated alkanes) is 1. The zero-order valence-electron chi connectivity index (χ0n) is 22.9. The summed E-state index contributed by atoms with van der Waals surface area (Å²) in [5.41, 5.74) is 2.02. The molecule has 2 aromatic rings. The number of hydrogen-bond donors (Lipinski definition) is 2. The van der Waals surface area contributed by atoms with E-state index in [9.17, 15) is 19.8 Å². The van der Waals surface area contributed by atoms with Gasteiger partial charge in [0.25, 0.3) is 0 Å². The first kappa shape index (κ1) is 28.7. The van der Waals surface area contributed by atoms with Gasteiger partial charge in [-0.15, -0.1) is 0 Å². The first-order valence-electron chi connectivity index (χ1n) is 13.8. The number of aliphatic carboxylic acids is 1. The summed E-state index contributed by atoms with van der Waals surface area (Å²) in [7, 11) is 1.56. The first-order valence-corrected chi connectivity index (χ1v) is 13.8. The minimum absolute atomic E-state index is 0.0141. The van der Waals surface area contributed by atoms with Crippen molar-refractivity contribution in [1.29, 1.82) is 0 Å². The van der Waals surface area contributed by atoms with E-state index in [-0.39, 0.29) is 31.6 Å². The van der Waals surface area contributed by atoms with Gasteiger partial charge in [-0.05, 0) is 42.2 Å². The Balaban J connectivity index is 1.61. The molecule has 1 fully saturated rings. The number of hydrogen-bond acceptors (Lipinski definition) is 7. The summed E-state index contributed by atoms with van der Waals surface area (Å²) < 4.78 is 17.2. The quantitative estimate of drug-likeness (QED) is 0.376. The number of carboxylic acids is 1. The summed E-state index contributed by atoms with van der Waals surface area (Å²) in [5, 5.41) is 19.8. The van der Waals surface area contributed by atoms with Crippen LogP contribution in [0, 0.1) is 5.92 Å². The van der Waals surface area contributed by atoms with Crippen molar-refractivity contribution >= 4 is 11.9 Å². The highest BCUT2D eigenvalue weighted by Gasteiger charge is 2.48. The van der Waals surface area contributed by atoms with Gasteiger partial charge in [0.15, 0.2) is 11.5 Å². The van der Waals surface area contributed by atoms with Crippen LogP contribution in [0.4, 0.5) is 0 Å². The maximum Gasteiger partial charge on any atom is 0.308 e. The summed E-state index contributed by atoms with van der Waals surface area (Å²) in [5.74, 6) is -0.115. The Morgan fingerprint density at radius 1 is 1.13 bits per heavy atom. The Kier molecular flexibility index (Phi) is 10.1. The average Bonchev–Trinajstić information content (AvgIpc) is 3.56. The Bertz CT molecular complexity index is 1120. The maximum absolute atomic E-state index is 13.5. The van der Waals surface area contributed by atoms with Crippen LogP contribution in [0.1, 0.15) is 43.2 Å². The summed E-state index contributed by atoms with van der Waals surface area (Å²) in [6.07, 6.45) is 3.13. The number of aliphatic hydroxyl groups excluding tert-OH is 1. The molecule has 2 aliphatic heterocycles. The number of rotatable bonds is 14. The van der Waals surface area contributed by atoms with Gasteiger partial charge >= 0.3 is 5.97 Å². The number of likely N-dealkylation sites (tertiary alicyclic amines) is 1. The Hall–Kier alpha value is -3.30. The van der Waals surface area contributed by atoms with E-state index in [4.69, 9.17) is 14.2 Å². The van der Waals surface area contributed by atoms with Gasteiger partial charge < -0.3 is 29.3 Å². The molecule has 212 valence electrons. The lowest BCUT2D eigenvalue weighted by molar-refractivity contribution is -0.144. The van der Waals surface area contributed by atoms with E-state index < -0.39 is 17.9 Å². The second-order valence-corrected chi connectivity index (χ2v) is 10.2. The number of benzene rings is 2. The molecular weight excluding hydrogens is 500 g/mol. The standard InChI is InChI=1S/C30H40N2O7/c1-3-4-13-31(14-7-15-33)28(34)19-32-18-23(21-10-11-25-22(17-21)12-16-38-25)29(30(35)36)24(32)20-39-27-9-6-5-8-26(27)37-2/h5-6,8-11,17,23-24,29,33H,3-4,7,12-16,18-20H2,1-2H3,(H,35,36)/t23-,24+,29?/m1/s1. The zero-order chi connectivity index (χ0) is 27.8. The molecule has 0 aliphatic carbocycles. The number of aliphatic hydroxyl groups is 1. The van der Waals surface area contributed by atoms with Crippen molar-refractivity contribution in [3.8, 4) is 17.2 Å². The van der Waals surface area contributed by atoms with Crippen molar-refractivity contribution in [3.63, 3.8) is 0 Å². The number of para-hydroxylation sites is 2. The van der Waals surface area contributed by atoms with E-state index >= 15 is 0 Å². The molecular formula is C30H40N2O7. The van der Waals surface area contributed by atoms with Crippen LogP contribution < -0.4 is 14.2 Å². The molecule has 1 amide bonds. The van der Waals surface area contributed by atoms with Crippen LogP contribution in [0.25, 0.3) is 0 Å². The number of nitrogens with zero attached hydrogens (tertiary/aromatic N) is 2. The van der Waals surface area contributed by atoms with E-state index in [2.05, 4.69) is 13.0 Å². The lowest BCUT2D eigenvalue weighted by Crippen LogP contribution is -2.46. The molecule has 9 nitrogen and oxygen atoms in total. The highest BCUT2D eigenvalue weighted by atomic mass is 16.5. The molecule has 1 unspecified atom stereocenters. The van der Waals surface area contributed by atoms with E-state index in [1.807, 2.05) is 29.2 Å². The topological polar surface area (TPSA) is 109 Å². The van der Waals surface area contributed by atoms with Crippen LogP contribution in [-0.2, 0) is 16.0 Å². The van der Waals surface area contributed by atoms with E-state index in [1.165, 1.54) is 0 Å². The molecule has 1 saturated heterocycles. The van der Waals surface area contributed by atoms with E-state index in [1.54, 1.807) is 24.1 Å². The van der Waals surface area contributed by atoms with Gasteiger partial charge in [0.1, 0.15) is 12.4 Å². The summed E-state index contributed by atoms with van der Waals surface area (Å²) in [6.45, 7) is 4.41. The van der Waals surface area contributed by atoms with Crippen molar-refractivity contribution in [1.82, 2.24) is 9.80 Å². The zero-order valence-corrected chi connectivity index (χ0v) is 22.9. The fourth-order valence-corrected chi connectivity index (χ4v) is 5.63. The van der Waals surface area contributed by atoms with Crippen LogP contribution >= 0.6 is 0 Å². The molecule has 9 heteroatoms. The lowest BCUT2D eigenvalue weighted by Gasteiger charge is -2.29. The van der Waals surface area contributed by atoms with Crippen molar-refractivity contribution in [2.75, 3.05) is 53.1 Å². The monoisotopic (exact) mass is 540 g/mol. The van der Waals surface area contributed by atoms with Crippen LogP contribution in [0.5, 0.6) is 17.2 Å². The second kappa shape index (κ2) is 13.7. The molecule has 0 saturated carbocycles. The van der Waals surface area contributed by atoms with Gasteiger partial charge in [0, 0.05) is 38.6 Å². The van der Waals surface area contributed by atoms with Gasteiger partial charge in [0.2, 0.25) is 5.91 Å². The third kappa shape index (κ3) is 6.83.